The van der Waals surface area contributed by atoms with Crippen LogP contribution in [0, 0.1) is 0 Å². The number of hydrogen-bond donors (Lipinski definition) is 0. The van der Waals surface area contributed by atoms with Crippen LogP contribution in [-0.4, -0.2) is 43.9 Å². The Bertz CT molecular complexity index is 816. The summed E-state index contributed by atoms with van der Waals surface area (Å²) < 4.78 is 16.5. The minimum Gasteiger partial charge on any atom is -0.454 e. The van der Waals surface area contributed by atoms with Crippen molar-refractivity contribution in [1.29, 1.82) is 0 Å². The van der Waals surface area contributed by atoms with Crippen LogP contribution < -0.4 is 14.4 Å². The van der Waals surface area contributed by atoms with Crippen LogP contribution in [0.3, 0.4) is 0 Å². The lowest BCUT2D eigenvalue weighted by Crippen LogP contribution is -2.34. The maximum absolute atomic E-state index is 11.7. The third kappa shape index (κ3) is 4.28. The van der Waals surface area contributed by atoms with Crippen molar-refractivity contribution < 1.29 is 19.0 Å². The van der Waals surface area contributed by atoms with Crippen molar-refractivity contribution in [3.63, 3.8) is 0 Å². The highest BCUT2D eigenvalue weighted by atomic mass is 16.7. The predicted molar refractivity (Wildman–Crippen MR) is 102 cm³/mol. The van der Waals surface area contributed by atoms with Gasteiger partial charge in [-0.1, -0.05) is 12.1 Å². The highest BCUT2D eigenvalue weighted by molar-refractivity contribution is 5.83. The first kappa shape index (κ1) is 17.5. The molecule has 0 saturated carbocycles. The van der Waals surface area contributed by atoms with Gasteiger partial charge in [-0.25, -0.2) is 4.98 Å². The zero-order valence-corrected chi connectivity index (χ0v) is 15.0. The Morgan fingerprint density at radius 1 is 1.22 bits per heavy atom. The highest BCUT2D eigenvalue weighted by Gasteiger charge is 2.21. The largest absolute Gasteiger partial charge is 0.454 e. The topological polar surface area (TPSA) is 60.9 Å². The van der Waals surface area contributed by atoms with Gasteiger partial charge < -0.3 is 19.1 Å². The molecule has 1 aromatic heterocycles. The summed E-state index contributed by atoms with van der Waals surface area (Å²) >= 11 is 0. The van der Waals surface area contributed by atoms with Gasteiger partial charge >= 0.3 is 0 Å². The summed E-state index contributed by atoms with van der Waals surface area (Å²) in [5, 5.41) is 0. The number of fused-ring (bicyclic) bond motifs is 1. The number of carbonyl (C=O) groups is 1. The summed E-state index contributed by atoms with van der Waals surface area (Å²) in [6.45, 7) is 2.21. The van der Waals surface area contributed by atoms with Gasteiger partial charge in [-0.2, -0.15) is 0 Å². The van der Waals surface area contributed by atoms with E-state index in [9.17, 15) is 4.79 Å². The fourth-order valence-electron chi connectivity index (χ4n) is 3.37. The second kappa shape index (κ2) is 8.22. The molecule has 1 fully saturated rings. The minimum absolute atomic E-state index is 0.172. The first-order valence-electron chi connectivity index (χ1n) is 9.15. The molecule has 1 unspecified atom stereocenters. The van der Waals surface area contributed by atoms with E-state index in [0.717, 1.165) is 42.9 Å². The zero-order chi connectivity index (χ0) is 18.5. The Morgan fingerprint density at radius 2 is 2.15 bits per heavy atom. The van der Waals surface area contributed by atoms with Gasteiger partial charge in [-0.3, -0.25) is 4.79 Å². The van der Waals surface area contributed by atoms with Crippen molar-refractivity contribution in [1.82, 2.24) is 4.98 Å². The Balaban J connectivity index is 1.55. The summed E-state index contributed by atoms with van der Waals surface area (Å²) in [4.78, 5) is 18.3. The van der Waals surface area contributed by atoms with E-state index < -0.39 is 0 Å². The lowest BCUT2D eigenvalue weighted by Gasteiger charge is -2.26. The summed E-state index contributed by atoms with van der Waals surface area (Å²) in [5.41, 5.74) is 1.57. The molecule has 2 aliphatic rings. The Hall–Kier alpha value is -2.86. The smallest absolute Gasteiger partial charge is 0.231 e. The second-order valence-electron chi connectivity index (χ2n) is 6.65. The van der Waals surface area contributed by atoms with E-state index in [-0.39, 0.29) is 12.9 Å². The number of aldehydes is 1. The molecule has 0 bridgehead atoms. The van der Waals surface area contributed by atoms with Crippen LogP contribution >= 0.6 is 0 Å². The van der Waals surface area contributed by atoms with E-state index in [2.05, 4.69) is 9.88 Å². The number of ether oxygens (including phenoxy) is 3. The van der Waals surface area contributed by atoms with Crippen molar-refractivity contribution in [3.8, 4) is 11.5 Å². The molecule has 0 N–H and O–H groups in total. The summed E-state index contributed by atoms with van der Waals surface area (Å²) in [5.74, 6) is 2.27. The molecule has 6 nitrogen and oxygen atoms in total. The van der Waals surface area contributed by atoms with Crippen LogP contribution in [0.15, 0.2) is 48.2 Å². The second-order valence-corrected chi connectivity index (χ2v) is 6.65. The van der Waals surface area contributed by atoms with Crippen LogP contribution in [0.2, 0.25) is 0 Å². The van der Waals surface area contributed by atoms with Gasteiger partial charge in [-0.05, 0) is 48.7 Å². The standard InChI is InChI=1S/C21H22N2O4/c24-14-17(10-16-6-7-19-20(11-16)27-15-26-19)12-23(13-18-4-3-9-25-18)21-5-1-2-8-22-21/h1-2,5-8,10-11,14,18H,3-4,9,12-13,15H2/b17-10-. The number of benzene rings is 1. The quantitative estimate of drug-likeness (QED) is 0.554. The van der Waals surface area contributed by atoms with Gasteiger partial charge in [0.25, 0.3) is 0 Å². The van der Waals surface area contributed by atoms with Crippen LogP contribution in [-0.2, 0) is 9.53 Å². The lowest BCUT2D eigenvalue weighted by atomic mass is 10.1. The number of aromatic nitrogens is 1. The SMILES string of the molecule is O=C/C(=C\c1ccc2c(c1)OCO2)CN(CC1CCCO1)c1ccccn1. The van der Waals surface area contributed by atoms with Gasteiger partial charge in [0, 0.05) is 31.5 Å². The van der Waals surface area contributed by atoms with Gasteiger partial charge in [0.1, 0.15) is 12.1 Å². The van der Waals surface area contributed by atoms with E-state index in [1.807, 2.05) is 42.5 Å². The molecule has 1 saturated heterocycles. The van der Waals surface area contributed by atoms with Crippen LogP contribution in [0.1, 0.15) is 18.4 Å². The molecule has 0 radical (unpaired) electrons. The minimum atomic E-state index is 0.172. The van der Waals surface area contributed by atoms with Gasteiger partial charge in [-0.15, -0.1) is 0 Å². The Labute approximate surface area is 158 Å². The van der Waals surface area contributed by atoms with Crippen molar-refractivity contribution in [3.05, 3.63) is 53.7 Å². The van der Waals surface area contributed by atoms with Gasteiger partial charge in [0.15, 0.2) is 11.5 Å². The van der Waals surface area contributed by atoms with Crippen LogP contribution in [0.25, 0.3) is 6.08 Å². The van der Waals surface area contributed by atoms with E-state index >= 15 is 0 Å². The molecule has 0 aliphatic carbocycles. The molecule has 3 heterocycles. The number of rotatable bonds is 7. The predicted octanol–water partition coefficient (Wildman–Crippen LogP) is 3.08. The van der Waals surface area contributed by atoms with E-state index in [1.54, 1.807) is 6.20 Å². The van der Waals surface area contributed by atoms with Gasteiger partial charge in [0.05, 0.1) is 6.10 Å². The molecule has 0 amide bonds. The fraction of sp³-hybridized carbons (Fsp3) is 0.333. The number of nitrogens with zero attached hydrogens (tertiary/aromatic N) is 2. The summed E-state index contributed by atoms with van der Waals surface area (Å²) in [7, 11) is 0. The van der Waals surface area contributed by atoms with E-state index in [1.165, 1.54) is 0 Å². The first-order valence-corrected chi connectivity index (χ1v) is 9.15. The number of anilines is 1. The highest BCUT2D eigenvalue weighted by Crippen LogP contribution is 2.33. The maximum Gasteiger partial charge on any atom is 0.231 e. The molecule has 1 atom stereocenters. The monoisotopic (exact) mass is 366 g/mol. The fourth-order valence-corrected chi connectivity index (χ4v) is 3.37. The first-order chi connectivity index (χ1) is 13.3. The van der Waals surface area contributed by atoms with E-state index in [0.29, 0.717) is 24.4 Å². The molecule has 4 rings (SSSR count). The third-order valence-corrected chi connectivity index (χ3v) is 4.69. The third-order valence-electron chi connectivity index (χ3n) is 4.69. The molecule has 0 spiro atoms. The molecular formula is C21H22N2O4. The molecule has 140 valence electrons. The zero-order valence-electron chi connectivity index (χ0n) is 15.0. The molecule has 1 aromatic carbocycles. The molecular weight excluding hydrogens is 344 g/mol. The van der Waals surface area contributed by atoms with Crippen molar-refractivity contribution in [2.45, 2.75) is 18.9 Å². The maximum atomic E-state index is 11.7. The number of hydrogen-bond acceptors (Lipinski definition) is 6. The van der Waals surface area contributed by atoms with Crippen molar-refractivity contribution in [2.24, 2.45) is 0 Å². The van der Waals surface area contributed by atoms with Crippen molar-refractivity contribution in [2.75, 3.05) is 31.4 Å². The average Bonchev–Trinajstić information content (AvgIpc) is 3.38. The Kier molecular flexibility index (Phi) is 5.34. The normalized spacial score (nSPS) is 18.5. The number of pyridine rings is 1. The molecule has 6 heteroatoms. The average molecular weight is 366 g/mol. The molecule has 2 aromatic rings. The van der Waals surface area contributed by atoms with Crippen LogP contribution in [0.5, 0.6) is 11.5 Å². The molecule has 27 heavy (non-hydrogen) atoms. The summed E-state index contributed by atoms with van der Waals surface area (Å²) in [6.07, 6.45) is 6.82. The Morgan fingerprint density at radius 3 is 2.93 bits per heavy atom. The van der Waals surface area contributed by atoms with Crippen molar-refractivity contribution >= 4 is 18.2 Å². The van der Waals surface area contributed by atoms with E-state index in [4.69, 9.17) is 14.2 Å². The molecule has 2 aliphatic heterocycles. The number of carbonyl (C=O) groups excluding carboxylic acids is 1. The van der Waals surface area contributed by atoms with Crippen LogP contribution in [0.4, 0.5) is 5.82 Å². The summed E-state index contributed by atoms with van der Waals surface area (Å²) in [6, 6.07) is 11.5. The van der Waals surface area contributed by atoms with Gasteiger partial charge in [0.2, 0.25) is 6.79 Å². The lowest BCUT2D eigenvalue weighted by molar-refractivity contribution is -0.104.